The van der Waals surface area contributed by atoms with Gasteiger partial charge in [0, 0.05) is 23.5 Å². The highest BCUT2D eigenvalue weighted by atomic mass is 16.3. The molecule has 162 valence electrons. The molecule has 31 heavy (non-hydrogen) atoms. The minimum atomic E-state index is -2.63. The maximum Gasteiger partial charge on any atom is 0.255 e. The second kappa shape index (κ2) is 6.42. The van der Waals surface area contributed by atoms with E-state index >= 15 is 0 Å². The molecule has 0 aromatic heterocycles. The molecule has 10 heteroatoms. The highest BCUT2D eigenvalue weighted by Gasteiger charge is 2.60. The van der Waals surface area contributed by atoms with Crippen molar-refractivity contribution in [3.63, 3.8) is 0 Å². The molecule has 8 N–H and O–H groups in total. The van der Waals surface area contributed by atoms with Crippen LogP contribution in [-0.2, 0) is 20.8 Å². The highest BCUT2D eigenvalue weighted by Crippen LogP contribution is 2.52. The molecule has 1 aromatic rings. The number of carbonyl (C=O) groups excluding carboxylic acids is 4. The number of aliphatic hydroxyl groups is 3. The van der Waals surface area contributed by atoms with Gasteiger partial charge < -0.3 is 31.9 Å². The molecule has 4 rings (SSSR count). The van der Waals surface area contributed by atoms with Gasteiger partial charge in [0.15, 0.2) is 17.2 Å². The lowest BCUT2D eigenvalue weighted by atomic mass is 9.59. The van der Waals surface area contributed by atoms with Gasteiger partial charge in [0.05, 0.1) is 11.3 Å². The van der Waals surface area contributed by atoms with Gasteiger partial charge in [0.2, 0.25) is 5.78 Å². The monoisotopic (exact) mass is 428 g/mol. The van der Waals surface area contributed by atoms with Crippen molar-refractivity contribution in [2.75, 3.05) is 5.73 Å². The van der Waals surface area contributed by atoms with Crippen LogP contribution < -0.4 is 11.5 Å². The number of fused-ring (bicyclic) bond motifs is 3. The SMILES string of the molecule is CC(=O)c1cc(N)c(O)c2c1C[C@H]1C[C@H]3CC(=O)C(C(N)=O)=C(O)[C@@]3(O)C(=O)C1=C2O. The van der Waals surface area contributed by atoms with Crippen LogP contribution >= 0.6 is 0 Å². The van der Waals surface area contributed by atoms with E-state index in [0.29, 0.717) is 5.56 Å². The van der Waals surface area contributed by atoms with Crippen LogP contribution in [0.2, 0.25) is 0 Å². The highest BCUT2D eigenvalue weighted by molar-refractivity contribution is 6.22. The summed E-state index contributed by atoms with van der Waals surface area (Å²) in [5.74, 6) is -7.67. The minimum absolute atomic E-state index is 0.00853. The number of ketones is 3. The smallest absolute Gasteiger partial charge is 0.255 e. The largest absolute Gasteiger partial charge is 0.508 e. The Hall–Kier alpha value is -3.66. The van der Waals surface area contributed by atoms with E-state index in [0.717, 1.165) is 0 Å². The number of hydrogen-bond acceptors (Lipinski definition) is 9. The van der Waals surface area contributed by atoms with Crippen molar-refractivity contribution in [2.45, 2.75) is 31.8 Å². The molecular formula is C21H20N2O8. The molecule has 0 heterocycles. The Labute approximate surface area is 175 Å². The first-order valence-electron chi connectivity index (χ1n) is 9.53. The summed E-state index contributed by atoms with van der Waals surface area (Å²) in [7, 11) is 0. The fraction of sp³-hybridized carbons (Fsp3) is 0.333. The Balaban J connectivity index is 1.98. The number of Topliss-reactive ketones (excluding diaryl/α,β-unsaturated/α-hetero) is 3. The first kappa shape index (κ1) is 20.6. The number of benzene rings is 1. The summed E-state index contributed by atoms with van der Waals surface area (Å²) in [6.07, 6.45) is -0.364. The molecule has 1 aromatic carbocycles. The number of carbonyl (C=O) groups is 4. The van der Waals surface area contributed by atoms with Gasteiger partial charge in [0.25, 0.3) is 5.91 Å². The molecule has 0 bridgehead atoms. The van der Waals surface area contributed by atoms with Gasteiger partial charge in [0.1, 0.15) is 22.8 Å². The number of aliphatic hydroxyl groups excluding tert-OH is 2. The molecule has 10 nitrogen and oxygen atoms in total. The molecule has 3 aliphatic carbocycles. The number of aromatic hydroxyl groups is 1. The maximum atomic E-state index is 13.3. The summed E-state index contributed by atoms with van der Waals surface area (Å²) in [6, 6.07) is 1.29. The third-order valence-corrected chi connectivity index (χ3v) is 6.47. The Bertz CT molecular complexity index is 1180. The molecule has 0 saturated heterocycles. The molecule has 0 aliphatic heterocycles. The summed E-state index contributed by atoms with van der Waals surface area (Å²) in [5, 5.41) is 43.0. The second-order valence-corrected chi connectivity index (χ2v) is 8.18. The second-order valence-electron chi connectivity index (χ2n) is 8.18. The number of nitrogen functional groups attached to an aromatic ring is 1. The van der Waals surface area contributed by atoms with Crippen LogP contribution in [0.5, 0.6) is 5.75 Å². The zero-order valence-corrected chi connectivity index (χ0v) is 16.4. The molecule has 1 amide bonds. The maximum absolute atomic E-state index is 13.3. The van der Waals surface area contributed by atoms with Gasteiger partial charge in [-0.05, 0) is 37.3 Å². The van der Waals surface area contributed by atoms with E-state index in [9.17, 15) is 39.6 Å². The van der Waals surface area contributed by atoms with Crippen molar-refractivity contribution in [1.82, 2.24) is 0 Å². The Morgan fingerprint density at radius 3 is 2.39 bits per heavy atom. The third kappa shape index (κ3) is 2.54. The van der Waals surface area contributed by atoms with Crippen molar-refractivity contribution in [2.24, 2.45) is 17.6 Å². The van der Waals surface area contributed by atoms with Gasteiger partial charge in [-0.3, -0.25) is 19.2 Å². The number of phenols is 1. The number of primary amides is 1. The van der Waals surface area contributed by atoms with Crippen LogP contribution in [0, 0.1) is 11.8 Å². The first-order valence-corrected chi connectivity index (χ1v) is 9.53. The van der Waals surface area contributed by atoms with E-state index < -0.39 is 64.2 Å². The summed E-state index contributed by atoms with van der Waals surface area (Å²) in [6.45, 7) is 1.29. The summed E-state index contributed by atoms with van der Waals surface area (Å²) >= 11 is 0. The number of phenolic OH excluding ortho intramolecular Hbond substituents is 1. The zero-order chi connectivity index (χ0) is 23.0. The topological polar surface area (TPSA) is 201 Å². The van der Waals surface area contributed by atoms with Crippen molar-refractivity contribution >= 4 is 34.7 Å². The van der Waals surface area contributed by atoms with Crippen LogP contribution in [0.3, 0.4) is 0 Å². The lowest BCUT2D eigenvalue weighted by Crippen LogP contribution is -2.58. The van der Waals surface area contributed by atoms with Crippen molar-refractivity contribution in [3.05, 3.63) is 39.7 Å². The fourth-order valence-corrected chi connectivity index (χ4v) is 5.02. The first-order chi connectivity index (χ1) is 14.4. The van der Waals surface area contributed by atoms with Gasteiger partial charge in [-0.1, -0.05) is 0 Å². The molecule has 0 unspecified atom stereocenters. The number of hydrogen-bond donors (Lipinski definition) is 6. The molecule has 1 fully saturated rings. The molecule has 1 saturated carbocycles. The van der Waals surface area contributed by atoms with E-state index in [2.05, 4.69) is 0 Å². The quantitative estimate of drug-likeness (QED) is 0.165. The zero-order valence-electron chi connectivity index (χ0n) is 16.4. The van der Waals surface area contributed by atoms with Gasteiger partial charge in [-0.25, -0.2) is 0 Å². The molecule has 0 spiro atoms. The summed E-state index contributed by atoms with van der Waals surface area (Å²) in [5.41, 5.74) is 7.21. The van der Waals surface area contributed by atoms with E-state index in [1.165, 1.54) is 13.0 Å². The van der Waals surface area contributed by atoms with E-state index in [-0.39, 0.29) is 41.0 Å². The summed E-state index contributed by atoms with van der Waals surface area (Å²) in [4.78, 5) is 49.4. The Morgan fingerprint density at radius 2 is 1.81 bits per heavy atom. The number of amides is 1. The Morgan fingerprint density at radius 1 is 1.16 bits per heavy atom. The van der Waals surface area contributed by atoms with Crippen molar-refractivity contribution < 1.29 is 39.6 Å². The lowest BCUT2D eigenvalue weighted by molar-refractivity contribution is -0.147. The average Bonchev–Trinajstić information content (AvgIpc) is 2.66. The number of rotatable bonds is 2. The lowest BCUT2D eigenvalue weighted by Gasteiger charge is -2.46. The average molecular weight is 428 g/mol. The molecule has 3 atom stereocenters. The van der Waals surface area contributed by atoms with Gasteiger partial charge >= 0.3 is 0 Å². The third-order valence-electron chi connectivity index (χ3n) is 6.47. The predicted molar refractivity (Wildman–Crippen MR) is 106 cm³/mol. The van der Waals surface area contributed by atoms with E-state index in [1.54, 1.807) is 0 Å². The van der Waals surface area contributed by atoms with Crippen LogP contribution in [-0.4, -0.2) is 49.3 Å². The molecular weight excluding hydrogens is 408 g/mol. The summed E-state index contributed by atoms with van der Waals surface area (Å²) < 4.78 is 0. The fourth-order valence-electron chi connectivity index (χ4n) is 5.02. The van der Waals surface area contributed by atoms with Crippen LogP contribution in [0.4, 0.5) is 5.69 Å². The molecule has 0 radical (unpaired) electrons. The van der Waals surface area contributed by atoms with Crippen LogP contribution in [0.1, 0.15) is 41.3 Å². The standard InChI is InChI=1S/C21H20N2O8/c1-6(24)9-5-11(22)16(26)14-10(9)3-7-2-8-4-12(25)15(20(23)30)19(29)21(8,31)18(28)13(7)17(14)27/h5,7-8,26-27,29,31H,2-4,22H2,1H3,(H2,23,30)/t7-,8+,21+/m1/s1. The van der Waals surface area contributed by atoms with E-state index in [1.807, 2.05) is 0 Å². The number of nitrogens with two attached hydrogens (primary N) is 2. The Kier molecular flexibility index (Phi) is 4.27. The van der Waals surface area contributed by atoms with E-state index in [4.69, 9.17) is 11.5 Å². The van der Waals surface area contributed by atoms with Crippen LogP contribution in [0.25, 0.3) is 5.76 Å². The normalized spacial score (nSPS) is 27.5. The minimum Gasteiger partial charge on any atom is -0.508 e. The number of anilines is 1. The van der Waals surface area contributed by atoms with Crippen LogP contribution in [0.15, 0.2) is 23.0 Å². The van der Waals surface area contributed by atoms with Crippen molar-refractivity contribution in [1.29, 1.82) is 0 Å². The van der Waals surface area contributed by atoms with Crippen molar-refractivity contribution in [3.8, 4) is 5.75 Å². The van der Waals surface area contributed by atoms with Gasteiger partial charge in [-0.2, -0.15) is 0 Å². The van der Waals surface area contributed by atoms with Gasteiger partial charge in [-0.15, -0.1) is 0 Å². The predicted octanol–water partition coefficient (Wildman–Crippen LogP) is 0.209. The molecule has 3 aliphatic rings.